The van der Waals surface area contributed by atoms with Gasteiger partial charge in [0.05, 0.1) is 99.0 Å². The van der Waals surface area contributed by atoms with Gasteiger partial charge in [0.2, 0.25) is 0 Å². The second kappa shape index (κ2) is 41.3. The summed E-state index contributed by atoms with van der Waals surface area (Å²) in [6.45, 7) is 27.5. The Morgan fingerprint density at radius 1 is 0.464 bits per heavy atom. The van der Waals surface area contributed by atoms with Crippen LogP contribution in [0.5, 0.6) is 0 Å². The Kier molecular flexibility index (Phi) is 31.2. The zero-order chi connectivity index (χ0) is 78.8. The van der Waals surface area contributed by atoms with Gasteiger partial charge in [-0.2, -0.15) is 0 Å². The third kappa shape index (κ3) is 20.2. The van der Waals surface area contributed by atoms with Crippen LogP contribution < -0.4 is 40.9 Å². The van der Waals surface area contributed by atoms with E-state index in [1.807, 2.05) is 103 Å². The van der Waals surface area contributed by atoms with Crippen molar-refractivity contribution >= 4 is 171 Å². The number of hydrogen-bond acceptors (Lipinski definition) is 20. The van der Waals surface area contributed by atoms with Crippen LogP contribution in [0.3, 0.4) is 0 Å². The summed E-state index contributed by atoms with van der Waals surface area (Å²) in [5.41, 5.74) is 11.0. The highest BCUT2D eigenvalue weighted by molar-refractivity contribution is 9.10. The van der Waals surface area contributed by atoms with Crippen LogP contribution in [0.4, 0.5) is 20.0 Å². The number of ether oxygens (including phenoxy) is 4. The summed E-state index contributed by atoms with van der Waals surface area (Å²) in [7, 11) is -0.210. The molecule has 594 valence electrons. The number of halogens is 5. The molecule has 112 heavy (non-hydrogen) atoms. The summed E-state index contributed by atoms with van der Waals surface area (Å²) in [6.07, 6.45) is 7.25. The molecule has 0 spiro atoms. The molecule has 20 nitrogen and oxygen atoms in total. The molecule has 16 rings (SSSR count). The number of thiophene rings is 4. The van der Waals surface area contributed by atoms with Gasteiger partial charge in [-0.25, -0.2) is 0 Å². The number of rotatable bonds is 20. The molecule has 0 aliphatic carbocycles. The van der Waals surface area contributed by atoms with Gasteiger partial charge in [0.25, 0.3) is 23.6 Å². The largest absolute Gasteiger partial charge is 0.485 e. The number of nitrogens with zero attached hydrogens (tertiary/aromatic N) is 4. The third-order valence-electron chi connectivity index (χ3n) is 20.4. The highest BCUT2D eigenvalue weighted by Crippen LogP contribution is 2.50. The molecular formula is C82H92BBrCl4N8O12S4. The number of benzene rings is 4. The lowest BCUT2D eigenvalue weighted by atomic mass is 9.86. The lowest BCUT2D eigenvalue weighted by Gasteiger charge is -2.29. The van der Waals surface area contributed by atoms with Crippen LogP contribution in [0.15, 0.2) is 121 Å². The van der Waals surface area contributed by atoms with Crippen LogP contribution in [0.1, 0.15) is 168 Å². The zero-order valence-corrected chi connectivity index (χ0v) is 70.5. The molecule has 0 radical (unpaired) electrons. The minimum absolute atomic E-state index is 0.00724. The van der Waals surface area contributed by atoms with Gasteiger partial charge in [-0.15, -0.1) is 51.9 Å². The maximum atomic E-state index is 12.5. The highest BCUT2D eigenvalue weighted by atomic mass is 79.9. The first-order chi connectivity index (χ1) is 54.6. The van der Waals surface area contributed by atoms with Crippen LogP contribution in [-0.2, 0) is 34.9 Å². The SMILES string of the molecule is C=CB(OCCCC)OCCCC.C=Cc1c(N2CCOCC2)sc2c1C(c1ccc(Cl)cc1)CNC2=O.O=C1NCC(c2ccc(Cl)cc2)c2c1sc(N1CCOCC1)c2Br.O=C1NCC(c2ccc(Cl)cc2)c2c1sc(N1CCOCC1)c2CO.O=Cc1c(N2CCOCC2)sc2c1C(c1ccc(Cl)cc1)CNC2=O. The number of nitrogens with one attached hydrogen (secondary N) is 4. The van der Waals surface area contributed by atoms with E-state index in [9.17, 15) is 29.1 Å². The Bertz CT molecular complexity index is 4400. The number of fused-ring (bicyclic) bond motifs is 4. The number of carbonyl (C=O) groups is 5. The summed E-state index contributed by atoms with van der Waals surface area (Å²) in [6, 6.07) is 31.0. The van der Waals surface area contributed by atoms with E-state index in [-0.39, 0.29) is 61.0 Å². The van der Waals surface area contributed by atoms with E-state index in [0.717, 1.165) is 206 Å². The molecule has 4 aromatic heterocycles. The van der Waals surface area contributed by atoms with E-state index in [1.165, 1.54) is 22.7 Å². The maximum absolute atomic E-state index is 12.5. The number of amides is 4. The number of unbranched alkanes of at least 4 members (excludes halogenated alkanes) is 2. The molecule has 4 aromatic carbocycles. The monoisotopic (exact) mass is 1740 g/mol. The molecule has 30 heteroatoms. The second-order valence-corrected chi connectivity index (χ2v) is 33.9. The topological polar surface area (TPSA) is 222 Å². The maximum Gasteiger partial charge on any atom is 0.485 e. The molecule has 4 atom stereocenters. The molecule has 4 saturated heterocycles. The van der Waals surface area contributed by atoms with E-state index in [1.54, 1.807) is 28.6 Å². The van der Waals surface area contributed by atoms with E-state index >= 15 is 0 Å². The van der Waals surface area contributed by atoms with E-state index in [4.69, 9.17) is 74.7 Å². The molecule has 0 saturated carbocycles. The Morgan fingerprint density at radius 3 is 1.10 bits per heavy atom. The van der Waals surface area contributed by atoms with Crippen molar-refractivity contribution in [2.24, 2.45) is 0 Å². The predicted octanol–water partition coefficient (Wildman–Crippen LogP) is 16.0. The molecule has 12 heterocycles. The van der Waals surface area contributed by atoms with Crippen molar-refractivity contribution < 1.29 is 57.3 Å². The van der Waals surface area contributed by atoms with Gasteiger partial charge in [0.1, 0.15) is 10.0 Å². The number of aliphatic hydroxyl groups is 1. The molecule has 0 bridgehead atoms. The van der Waals surface area contributed by atoms with Gasteiger partial charge < -0.3 is 74.2 Å². The Labute approximate surface area is 699 Å². The van der Waals surface area contributed by atoms with Gasteiger partial charge in [0, 0.05) is 152 Å². The van der Waals surface area contributed by atoms with Crippen molar-refractivity contribution in [1.82, 2.24) is 21.3 Å². The van der Waals surface area contributed by atoms with Crippen LogP contribution in [0.25, 0.3) is 6.08 Å². The number of aldehydes is 1. The molecular weight excluding hydrogens is 1650 g/mol. The number of hydrogen-bond donors (Lipinski definition) is 5. The van der Waals surface area contributed by atoms with Crippen LogP contribution in [-0.4, -0.2) is 187 Å². The Morgan fingerprint density at radius 2 is 0.759 bits per heavy atom. The number of morpholine rings is 4. The quantitative estimate of drug-likeness (QED) is 0.0272. The van der Waals surface area contributed by atoms with Crippen molar-refractivity contribution in [2.75, 3.05) is 164 Å². The summed E-state index contributed by atoms with van der Waals surface area (Å²) in [5.74, 6) is 1.81. The van der Waals surface area contributed by atoms with Gasteiger partial charge in [-0.05, 0) is 116 Å². The van der Waals surface area contributed by atoms with Crippen LogP contribution in [0, 0.1) is 0 Å². The van der Waals surface area contributed by atoms with Crippen molar-refractivity contribution in [2.45, 2.75) is 69.8 Å². The molecule has 8 aromatic rings. The third-order valence-corrected chi connectivity index (χ3v) is 27.6. The number of anilines is 4. The molecule has 4 fully saturated rings. The van der Waals surface area contributed by atoms with Gasteiger partial charge >= 0.3 is 7.12 Å². The minimum Gasteiger partial charge on any atom is -0.408 e. The van der Waals surface area contributed by atoms with Crippen LogP contribution in [0.2, 0.25) is 20.1 Å². The fraction of sp³-hybridized carbons (Fsp3) is 0.402. The van der Waals surface area contributed by atoms with Crippen molar-refractivity contribution in [1.29, 1.82) is 0 Å². The lowest BCUT2D eigenvalue weighted by molar-refractivity contribution is 0.0938. The fourth-order valence-electron chi connectivity index (χ4n) is 14.6. The number of carbonyl (C=O) groups excluding carboxylic acids is 5. The molecule has 4 unspecified atom stereocenters. The van der Waals surface area contributed by atoms with Crippen LogP contribution >= 0.6 is 108 Å². The fourth-order valence-corrected chi connectivity index (χ4v) is 21.4. The highest BCUT2D eigenvalue weighted by Gasteiger charge is 2.40. The normalized spacial score (nSPS) is 19.1. The Hall–Kier alpha value is -6.67. The van der Waals surface area contributed by atoms with E-state index in [0.29, 0.717) is 96.2 Å². The molecule has 8 aliphatic rings. The van der Waals surface area contributed by atoms with Gasteiger partial charge in [-0.1, -0.05) is 140 Å². The first-order valence-electron chi connectivity index (χ1n) is 37.9. The molecule has 8 aliphatic heterocycles. The second-order valence-electron chi connectivity index (χ2n) is 27.4. The van der Waals surface area contributed by atoms with E-state index in [2.05, 4.69) is 83.8 Å². The minimum atomic E-state index is -0.210. The summed E-state index contributed by atoms with van der Waals surface area (Å²) >= 11 is 33.8. The van der Waals surface area contributed by atoms with Crippen molar-refractivity contribution in [3.63, 3.8) is 0 Å². The lowest BCUT2D eigenvalue weighted by Crippen LogP contribution is -2.36. The Balaban J connectivity index is 0.000000132. The number of aliphatic hydroxyl groups excluding tert-OH is 1. The van der Waals surface area contributed by atoms with Crippen molar-refractivity contribution in [3.8, 4) is 0 Å². The average molecular weight is 1740 g/mol. The van der Waals surface area contributed by atoms with Gasteiger partial charge in [-0.3, -0.25) is 24.0 Å². The summed E-state index contributed by atoms with van der Waals surface area (Å²) < 4.78 is 33.7. The molecule has 5 N–H and O–H groups in total. The van der Waals surface area contributed by atoms with Crippen molar-refractivity contribution in [3.05, 3.63) is 221 Å². The average Bonchev–Trinajstić information content (AvgIpc) is 1.64. The first kappa shape index (κ1) is 84.7. The van der Waals surface area contributed by atoms with E-state index < -0.39 is 0 Å². The zero-order valence-electron chi connectivity index (χ0n) is 62.6. The molecule has 4 amide bonds. The smallest absolute Gasteiger partial charge is 0.408 e. The van der Waals surface area contributed by atoms with Gasteiger partial charge in [0.15, 0.2) is 6.29 Å². The summed E-state index contributed by atoms with van der Waals surface area (Å²) in [4.78, 5) is 73.5. The predicted molar refractivity (Wildman–Crippen MR) is 459 cm³/mol. The summed E-state index contributed by atoms with van der Waals surface area (Å²) in [5, 5.41) is 29.0. The first-order valence-corrected chi connectivity index (χ1v) is 43.4. The standard InChI is InChI=1S/C19H19ClN2O2S.C18H19ClN2O3S.C18H17ClN2O3S.C17H16BrClN2O2S.C10H21BO2/c1-2-14-16-15(12-3-5-13(20)6-4-12)11-21-18(23)17(16)25-19(14)22-7-9-24-10-8-22;2*19-12-3-1-11(2-4-12)13-9-20-17(23)16-15(13)14(10-22)18(25-16)21-5-7-24-8-6-21;18-14-13-12(10-1-3-11(19)4-2-10)9-20-16(22)15(13)24-17(14)21-5-7-23-8-6-21;1-4-7-9-12-11(6-3)13-10-8-5-2/h2-6,15H,1,7-11H2,(H,21,23);1-4,13,22H,5-10H2,(H,20,23);1-4,10,13H,5-9H2,(H,20,23);1-4,12H,5-9H2,(H,20,22);6H,3-5,7-10H2,1-2H3.